The van der Waals surface area contributed by atoms with E-state index in [2.05, 4.69) is 49.2 Å². The lowest BCUT2D eigenvalue weighted by atomic mass is 9.87. The lowest BCUT2D eigenvalue weighted by molar-refractivity contribution is -0.129. The first kappa shape index (κ1) is 20.1. The van der Waals surface area contributed by atoms with Gasteiger partial charge in [0, 0.05) is 31.9 Å². The van der Waals surface area contributed by atoms with Crippen molar-refractivity contribution in [2.45, 2.75) is 26.2 Å². The molecule has 2 aromatic rings. The van der Waals surface area contributed by atoms with Crippen LogP contribution in [0.25, 0.3) is 0 Å². The van der Waals surface area contributed by atoms with Gasteiger partial charge in [0.2, 0.25) is 5.91 Å². The predicted octanol–water partition coefficient (Wildman–Crippen LogP) is 3.75. The molecule has 3 rings (SSSR count). The Balaban J connectivity index is 1.50. The van der Waals surface area contributed by atoms with Crippen molar-refractivity contribution in [3.63, 3.8) is 0 Å². The number of carbonyl (C=O) groups excluding carboxylic acids is 1. The van der Waals surface area contributed by atoms with E-state index in [-0.39, 0.29) is 11.3 Å². The van der Waals surface area contributed by atoms with Gasteiger partial charge in [0.1, 0.15) is 5.75 Å². The average molecular weight is 382 g/mol. The third-order valence-corrected chi connectivity index (χ3v) is 5.25. The number of methoxy groups -OCH3 is 1. The summed E-state index contributed by atoms with van der Waals surface area (Å²) in [6.45, 7) is 9.99. The molecule has 0 atom stereocenters. The van der Waals surface area contributed by atoms with Gasteiger partial charge in [-0.1, -0.05) is 45.0 Å². The molecule has 1 saturated heterocycles. The van der Waals surface area contributed by atoms with Crippen LogP contribution in [0.5, 0.6) is 5.75 Å². The highest BCUT2D eigenvalue weighted by Crippen LogP contribution is 2.28. The summed E-state index contributed by atoms with van der Waals surface area (Å²) in [5.74, 6) is 1.02. The van der Waals surface area contributed by atoms with Crippen LogP contribution in [0.3, 0.4) is 0 Å². The Morgan fingerprint density at radius 2 is 1.64 bits per heavy atom. The molecule has 0 saturated carbocycles. The maximum absolute atomic E-state index is 12.6. The van der Waals surface area contributed by atoms with Crippen LogP contribution in [0, 0.1) is 0 Å². The van der Waals surface area contributed by atoms with Crippen LogP contribution in [-0.2, 0) is 10.2 Å². The highest BCUT2D eigenvalue weighted by molar-refractivity contribution is 5.81. The standard InChI is InChI=1S/C23H31N3O2/c1-23(2,3)18-9-11-19(12-10-18)24-17-22(27)26-15-13-25(14-16-26)20-7-5-6-8-21(20)28-4/h5-12,24H,13-17H2,1-4H3. The number of anilines is 2. The number of benzene rings is 2. The number of hydrogen-bond acceptors (Lipinski definition) is 4. The van der Waals surface area contributed by atoms with Crippen LogP contribution in [0.15, 0.2) is 48.5 Å². The van der Waals surface area contributed by atoms with Crippen LogP contribution in [0.2, 0.25) is 0 Å². The monoisotopic (exact) mass is 381 g/mol. The van der Waals surface area contributed by atoms with Crippen molar-refractivity contribution in [3.05, 3.63) is 54.1 Å². The smallest absolute Gasteiger partial charge is 0.241 e. The SMILES string of the molecule is COc1ccccc1N1CCN(C(=O)CNc2ccc(C(C)(C)C)cc2)CC1. The highest BCUT2D eigenvalue weighted by atomic mass is 16.5. The molecule has 1 amide bonds. The molecule has 0 radical (unpaired) electrons. The van der Waals surface area contributed by atoms with Crippen molar-refractivity contribution < 1.29 is 9.53 Å². The van der Waals surface area contributed by atoms with Crippen molar-refractivity contribution in [2.75, 3.05) is 50.1 Å². The van der Waals surface area contributed by atoms with Crippen LogP contribution in [-0.4, -0.2) is 50.6 Å². The first-order valence-corrected chi connectivity index (χ1v) is 9.88. The molecule has 1 aliphatic rings. The summed E-state index contributed by atoms with van der Waals surface area (Å²) < 4.78 is 5.46. The van der Waals surface area contributed by atoms with Crippen molar-refractivity contribution in [3.8, 4) is 5.75 Å². The fraction of sp³-hybridized carbons (Fsp3) is 0.435. The van der Waals surface area contributed by atoms with Crippen molar-refractivity contribution in [1.82, 2.24) is 4.90 Å². The summed E-state index contributed by atoms with van der Waals surface area (Å²) in [4.78, 5) is 16.8. The Morgan fingerprint density at radius 3 is 2.25 bits per heavy atom. The zero-order valence-corrected chi connectivity index (χ0v) is 17.4. The zero-order chi connectivity index (χ0) is 20.1. The van der Waals surface area contributed by atoms with E-state index in [0.717, 1.165) is 43.3 Å². The van der Waals surface area contributed by atoms with E-state index in [0.29, 0.717) is 6.54 Å². The van der Waals surface area contributed by atoms with Crippen LogP contribution in [0.4, 0.5) is 11.4 Å². The Morgan fingerprint density at radius 1 is 1.00 bits per heavy atom. The van der Waals surface area contributed by atoms with Crippen LogP contribution < -0.4 is 15.0 Å². The molecule has 0 spiro atoms. The molecule has 1 aliphatic heterocycles. The second-order valence-corrected chi connectivity index (χ2v) is 8.22. The minimum absolute atomic E-state index is 0.134. The van der Waals surface area contributed by atoms with Gasteiger partial charge in [-0.3, -0.25) is 4.79 Å². The van der Waals surface area contributed by atoms with E-state index in [4.69, 9.17) is 4.74 Å². The number of hydrogen-bond donors (Lipinski definition) is 1. The van der Waals surface area contributed by atoms with E-state index in [1.807, 2.05) is 35.2 Å². The van der Waals surface area contributed by atoms with E-state index in [1.54, 1.807) is 7.11 Å². The molecule has 1 N–H and O–H groups in total. The second-order valence-electron chi connectivity index (χ2n) is 8.22. The molecule has 0 unspecified atom stereocenters. The molecule has 28 heavy (non-hydrogen) atoms. The summed E-state index contributed by atoms with van der Waals surface area (Å²) in [5.41, 5.74) is 3.50. The molecule has 150 valence electrons. The first-order valence-electron chi connectivity index (χ1n) is 9.88. The number of ether oxygens (including phenoxy) is 1. The molecule has 1 fully saturated rings. The summed E-state index contributed by atoms with van der Waals surface area (Å²) in [5, 5.41) is 3.26. The fourth-order valence-electron chi connectivity index (χ4n) is 3.47. The molecule has 0 bridgehead atoms. The highest BCUT2D eigenvalue weighted by Gasteiger charge is 2.22. The van der Waals surface area contributed by atoms with E-state index >= 15 is 0 Å². The predicted molar refractivity (Wildman–Crippen MR) is 115 cm³/mol. The van der Waals surface area contributed by atoms with Crippen LogP contribution >= 0.6 is 0 Å². The number of piperazine rings is 1. The van der Waals surface area contributed by atoms with Gasteiger partial charge in [-0.25, -0.2) is 0 Å². The molecular weight excluding hydrogens is 350 g/mol. The van der Waals surface area contributed by atoms with Gasteiger partial charge in [-0.2, -0.15) is 0 Å². The minimum Gasteiger partial charge on any atom is -0.495 e. The number of para-hydroxylation sites is 2. The number of nitrogens with zero attached hydrogens (tertiary/aromatic N) is 2. The molecule has 1 heterocycles. The molecule has 2 aromatic carbocycles. The van der Waals surface area contributed by atoms with Gasteiger partial charge in [0.25, 0.3) is 0 Å². The normalized spacial score (nSPS) is 14.7. The Kier molecular flexibility index (Phi) is 6.12. The maximum atomic E-state index is 12.6. The molecule has 0 aromatic heterocycles. The summed E-state index contributed by atoms with van der Waals surface area (Å²) in [7, 11) is 1.69. The Bertz CT molecular complexity index is 788. The van der Waals surface area contributed by atoms with Crippen molar-refractivity contribution in [2.24, 2.45) is 0 Å². The molecule has 0 aliphatic carbocycles. The van der Waals surface area contributed by atoms with E-state index in [9.17, 15) is 4.79 Å². The van der Waals surface area contributed by atoms with Gasteiger partial charge >= 0.3 is 0 Å². The van der Waals surface area contributed by atoms with Gasteiger partial charge in [-0.15, -0.1) is 0 Å². The van der Waals surface area contributed by atoms with Crippen LogP contribution in [0.1, 0.15) is 26.3 Å². The Labute approximate surface area is 168 Å². The summed E-state index contributed by atoms with van der Waals surface area (Å²) >= 11 is 0. The van der Waals surface area contributed by atoms with Gasteiger partial charge in [-0.05, 0) is 35.2 Å². The quantitative estimate of drug-likeness (QED) is 0.857. The minimum atomic E-state index is 0.134. The lowest BCUT2D eigenvalue weighted by Crippen LogP contribution is -2.50. The van der Waals surface area contributed by atoms with Gasteiger partial charge < -0.3 is 19.9 Å². The number of rotatable bonds is 5. The number of carbonyl (C=O) groups is 1. The van der Waals surface area contributed by atoms with E-state index < -0.39 is 0 Å². The third kappa shape index (κ3) is 4.77. The first-order chi connectivity index (χ1) is 13.4. The second kappa shape index (κ2) is 8.55. The molecule has 5 heteroatoms. The molecular formula is C23H31N3O2. The van der Waals surface area contributed by atoms with Gasteiger partial charge in [0.05, 0.1) is 19.3 Å². The third-order valence-electron chi connectivity index (χ3n) is 5.25. The number of amides is 1. The Hall–Kier alpha value is -2.69. The van der Waals surface area contributed by atoms with E-state index in [1.165, 1.54) is 5.56 Å². The average Bonchev–Trinajstić information content (AvgIpc) is 2.71. The van der Waals surface area contributed by atoms with Gasteiger partial charge in [0.15, 0.2) is 0 Å². The van der Waals surface area contributed by atoms with Crippen molar-refractivity contribution in [1.29, 1.82) is 0 Å². The zero-order valence-electron chi connectivity index (χ0n) is 17.4. The molecule has 5 nitrogen and oxygen atoms in total. The maximum Gasteiger partial charge on any atom is 0.241 e. The topological polar surface area (TPSA) is 44.8 Å². The summed E-state index contributed by atoms with van der Waals surface area (Å²) in [6, 6.07) is 16.4. The fourth-order valence-corrected chi connectivity index (χ4v) is 3.47. The summed E-state index contributed by atoms with van der Waals surface area (Å²) in [6.07, 6.45) is 0. The lowest BCUT2D eigenvalue weighted by Gasteiger charge is -2.36. The van der Waals surface area contributed by atoms with Crippen molar-refractivity contribution >= 4 is 17.3 Å². The number of nitrogens with one attached hydrogen (secondary N) is 1. The largest absolute Gasteiger partial charge is 0.495 e.